The zero-order valence-electron chi connectivity index (χ0n) is 11.9. The molecule has 0 aliphatic carbocycles. The van der Waals surface area contributed by atoms with Crippen LogP contribution in [0.1, 0.15) is 43.0 Å². The Morgan fingerprint density at radius 3 is 2.70 bits per heavy atom. The first-order valence-electron chi connectivity index (χ1n) is 7.05. The molecule has 1 amide bonds. The minimum absolute atomic E-state index is 0.0343. The topological polar surface area (TPSA) is 66.6 Å². The minimum Gasteiger partial charge on any atom is -0.398 e. The fraction of sp³-hybridized carbons (Fsp3) is 0.533. The molecule has 0 heterocycles. The number of amides is 1. The quantitative estimate of drug-likeness (QED) is 0.563. The van der Waals surface area contributed by atoms with E-state index in [4.69, 9.17) is 10.8 Å². The van der Waals surface area contributed by atoms with E-state index in [1.807, 2.05) is 6.07 Å². The highest BCUT2D eigenvalue weighted by Crippen LogP contribution is 2.20. The summed E-state index contributed by atoms with van der Waals surface area (Å²) in [5.74, 6) is -0.116. The molecule has 0 aliphatic heterocycles. The normalized spacial score (nSPS) is 10.6. The molecule has 1 aromatic rings. The van der Waals surface area contributed by atoms with Crippen LogP contribution in [0.5, 0.6) is 0 Å². The third kappa shape index (κ3) is 5.13. The van der Waals surface area contributed by atoms with Gasteiger partial charge in [0.2, 0.25) is 0 Å². The second kappa shape index (κ2) is 8.97. The average molecular weight is 343 g/mol. The molecule has 5 heteroatoms. The molecule has 1 aromatic carbocycles. The lowest BCUT2D eigenvalue weighted by molar-refractivity contribution is 0.0719. The van der Waals surface area contributed by atoms with Gasteiger partial charge in [0, 0.05) is 23.2 Å². The van der Waals surface area contributed by atoms with Crippen molar-refractivity contribution in [1.82, 2.24) is 4.90 Å². The maximum absolute atomic E-state index is 12.5. The zero-order chi connectivity index (χ0) is 15.0. The predicted octanol–water partition coefficient (Wildman–Crippen LogP) is 3.05. The summed E-state index contributed by atoms with van der Waals surface area (Å²) in [6, 6.07) is 5.25. The van der Waals surface area contributed by atoms with E-state index in [1.54, 1.807) is 17.0 Å². The van der Waals surface area contributed by atoms with Gasteiger partial charge in [-0.25, -0.2) is 0 Å². The second-order valence-electron chi connectivity index (χ2n) is 4.81. The summed E-state index contributed by atoms with van der Waals surface area (Å²) < 4.78 is 0.824. The summed E-state index contributed by atoms with van der Waals surface area (Å²) in [6.45, 7) is 3.12. The Bertz CT molecular complexity index is 438. The van der Waals surface area contributed by atoms with Crippen LogP contribution < -0.4 is 5.73 Å². The number of unbranched alkanes of at least 4 members (excludes halogenated alkanes) is 3. The van der Waals surface area contributed by atoms with Crippen molar-refractivity contribution in [3.63, 3.8) is 0 Å². The first-order chi connectivity index (χ1) is 9.60. The summed E-state index contributed by atoms with van der Waals surface area (Å²) >= 11 is 3.35. The molecule has 20 heavy (non-hydrogen) atoms. The number of benzene rings is 1. The third-order valence-electron chi connectivity index (χ3n) is 3.18. The number of hydrogen-bond donors (Lipinski definition) is 2. The molecule has 0 atom stereocenters. The maximum atomic E-state index is 12.5. The molecule has 0 aromatic heterocycles. The summed E-state index contributed by atoms with van der Waals surface area (Å²) in [5, 5.41) is 9.12. The molecule has 0 spiro atoms. The number of nitrogens with zero attached hydrogens (tertiary/aromatic N) is 1. The summed E-state index contributed by atoms with van der Waals surface area (Å²) in [7, 11) is 0. The predicted molar refractivity (Wildman–Crippen MR) is 85.7 cm³/mol. The van der Waals surface area contributed by atoms with Gasteiger partial charge >= 0.3 is 0 Å². The Hall–Kier alpha value is -1.07. The molecule has 0 aliphatic rings. The molecular formula is C15H23BrN2O2. The molecule has 112 valence electrons. The Morgan fingerprint density at radius 1 is 1.30 bits per heavy atom. The number of carbonyl (C=O) groups is 1. The van der Waals surface area contributed by atoms with E-state index in [1.165, 1.54) is 6.42 Å². The molecule has 0 fully saturated rings. The third-order valence-corrected chi connectivity index (χ3v) is 3.68. The first kappa shape index (κ1) is 17.0. The second-order valence-corrected chi connectivity index (χ2v) is 5.72. The van der Waals surface area contributed by atoms with E-state index in [0.717, 1.165) is 23.7 Å². The molecule has 0 radical (unpaired) electrons. The maximum Gasteiger partial charge on any atom is 0.256 e. The van der Waals surface area contributed by atoms with Gasteiger partial charge in [-0.3, -0.25) is 4.79 Å². The number of halogens is 1. The van der Waals surface area contributed by atoms with E-state index in [2.05, 4.69) is 22.9 Å². The largest absolute Gasteiger partial charge is 0.398 e. The van der Waals surface area contributed by atoms with Gasteiger partial charge in [0.25, 0.3) is 5.91 Å². The molecule has 4 nitrogen and oxygen atoms in total. The molecule has 0 unspecified atom stereocenters. The van der Waals surface area contributed by atoms with Crippen LogP contribution >= 0.6 is 15.9 Å². The number of carbonyl (C=O) groups excluding carboxylic acids is 1. The van der Waals surface area contributed by atoms with Crippen LogP contribution in [0.2, 0.25) is 0 Å². The summed E-state index contributed by atoms with van der Waals surface area (Å²) in [4.78, 5) is 14.2. The first-order valence-corrected chi connectivity index (χ1v) is 7.84. The number of nitrogen functional groups attached to an aromatic ring is 1. The summed E-state index contributed by atoms with van der Waals surface area (Å²) in [5.41, 5.74) is 6.83. The Labute approximate surface area is 129 Å². The Balaban J connectivity index is 2.74. The van der Waals surface area contributed by atoms with Gasteiger partial charge in [-0.2, -0.15) is 0 Å². The SMILES string of the molecule is CCCCCCN(CCO)C(=O)c1cc(Br)ccc1N. The lowest BCUT2D eigenvalue weighted by Crippen LogP contribution is -2.35. The minimum atomic E-state index is -0.116. The van der Waals surface area contributed by atoms with Crippen molar-refractivity contribution in [3.8, 4) is 0 Å². The molecule has 0 saturated heterocycles. The van der Waals surface area contributed by atoms with Gasteiger partial charge in [-0.1, -0.05) is 42.1 Å². The monoisotopic (exact) mass is 342 g/mol. The van der Waals surface area contributed by atoms with Crippen LogP contribution in [0.25, 0.3) is 0 Å². The Kier molecular flexibility index (Phi) is 7.62. The van der Waals surface area contributed by atoms with Crippen molar-refractivity contribution >= 4 is 27.5 Å². The average Bonchev–Trinajstić information content (AvgIpc) is 2.44. The van der Waals surface area contributed by atoms with E-state index >= 15 is 0 Å². The van der Waals surface area contributed by atoms with Crippen LogP contribution in [0, 0.1) is 0 Å². The number of aliphatic hydroxyl groups excluding tert-OH is 1. The van der Waals surface area contributed by atoms with Crippen LogP contribution in [-0.2, 0) is 0 Å². The fourth-order valence-electron chi connectivity index (χ4n) is 2.05. The van der Waals surface area contributed by atoms with Crippen molar-refractivity contribution in [3.05, 3.63) is 28.2 Å². The standard InChI is InChI=1S/C15H23BrN2O2/c1-2-3-4-5-8-18(9-10-19)15(20)13-11-12(16)6-7-14(13)17/h6-7,11,19H,2-5,8-10,17H2,1H3. The van der Waals surface area contributed by atoms with E-state index < -0.39 is 0 Å². The van der Waals surface area contributed by atoms with Gasteiger partial charge < -0.3 is 15.7 Å². The number of rotatable bonds is 8. The molecule has 1 rings (SSSR count). The number of nitrogens with two attached hydrogens (primary N) is 1. The summed E-state index contributed by atoms with van der Waals surface area (Å²) in [6.07, 6.45) is 4.37. The smallest absolute Gasteiger partial charge is 0.256 e. The number of aliphatic hydroxyl groups is 1. The van der Waals surface area contributed by atoms with Crippen LogP contribution in [0.4, 0.5) is 5.69 Å². The molecular weight excluding hydrogens is 320 g/mol. The van der Waals surface area contributed by atoms with Crippen molar-refractivity contribution < 1.29 is 9.90 Å². The highest BCUT2D eigenvalue weighted by molar-refractivity contribution is 9.10. The zero-order valence-corrected chi connectivity index (χ0v) is 13.5. The highest BCUT2D eigenvalue weighted by Gasteiger charge is 2.17. The van der Waals surface area contributed by atoms with Gasteiger partial charge in [-0.05, 0) is 24.6 Å². The van der Waals surface area contributed by atoms with E-state index in [9.17, 15) is 4.79 Å². The number of anilines is 1. The van der Waals surface area contributed by atoms with Crippen LogP contribution in [0.3, 0.4) is 0 Å². The van der Waals surface area contributed by atoms with Gasteiger partial charge in [0.15, 0.2) is 0 Å². The van der Waals surface area contributed by atoms with Gasteiger partial charge in [0.05, 0.1) is 12.2 Å². The van der Waals surface area contributed by atoms with Gasteiger partial charge in [0.1, 0.15) is 0 Å². The van der Waals surface area contributed by atoms with Gasteiger partial charge in [-0.15, -0.1) is 0 Å². The van der Waals surface area contributed by atoms with Crippen molar-refractivity contribution in [1.29, 1.82) is 0 Å². The molecule has 0 saturated carbocycles. The lowest BCUT2D eigenvalue weighted by Gasteiger charge is -2.22. The van der Waals surface area contributed by atoms with Crippen LogP contribution in [0.15, 0.2) is 22.7 Å². The molecule has 0 bridgehead atoms. The van der Waals surface area contributed by atoms with E-state index in [-0.39, 0.29) is 12.5 Å². The van der Waals surface area contributed by atoms with Crippen molar-refractivity contribution in [2.45, 2.75) is 32.6 Å². The van der Waals surface area contributed by atoms with Crippen molar-refractivity contribution in [2.75, 3.05) is 25.4 Å². The van der Waals surface area contributed by atoms with E-state index in [0.29, 0.717) is 24.3 Å². The molecule has 3 N–H and O–H groups in total. The number of hydrogen-bond acceptors (Lipinski definition) is 3. The van der Waals surface area contributed by atoms with Crippen LogP contribution in [-0.4, -0.2) is 35.6 Å². The van der Waals surface area contributed by atoms with Crippen molar-refractivity contribution in [2.24, 2.45) is 0 Å². The fourth-order valence-corrected chi connectivity index (χ4v) is 2.41. The Morgan fingerprint density at radius 2 is 2.05 bits per heavy atom. The highest BCUT2D eigenvalue weighted by atomic mass is 79.9. The lowest BCUT2D eigenvalue weighted by atomic mass is 10.1.